The van der Waals surface area contributed by atoms with Crippen molar-refractivity contribution in [3.63, 3.8) is 0 Å². The summed E-state index contributed by atoms with van der Waals surface area (Å²) in [5.41, 5.74) is 2.19. The number of allylic oxidation sites excluding steroid dienone is 2. The standard InChI is InChI=1S/C26H38F2O/c1-3-5-21-6-8-22(9-7-21)18-26(27,28)29-19-23-12-16-25(17-13-23)24-14-10-20(4-2)11-15-24/h3,5,12-13,16-17,20-22,24H,4,6-11,14-15,18-19H2,1-2H3/b5-3+. The second-order valence-corrected chi connectivity index (χ2v) is 9.30. The topological polar surface area (TPSA) is 9.23 Å². The van der Waals surface area contributed by atoms with Crippen LogP contribution in [0.2, 0.25) is 0 Å². The van der Waals surface area contributed by atoms with E-state index in [9.17, 15) is 8.78 Å². The van der Waals surface area contributed by atoms with Crippen LogP contribution < -0.4 is 0 Å². The number of halogens is 2. The van der Waals surface area contributed by atoms with E-state index in [1.54, 1.807) is 0 Å². The van der Waals surface area contributed by atoms with Gasteiger partial charge in [-0.05, 0) is 93.1 Å². The SMILES string of the molecule is C/C=C/C1CCC(CC(F)(F)OCc2ccc(C3CCC(CC)CC3)cc2)CC1. The molecule has 0 bridgehead atoms. The summed E-state index contributed by atoms with van der Waals surface area (Å²) in [6, 6.07) is 8.19. The summed E-state index contributed by atoms with van der Waals surface area (Å²) in [7, 11) is 0. The van der Waals surface area contributed by atoms with Gasteiger partial charge in [-0.1, -0.05) is 49.8 Å². The Labute approximate surface area is 175 Å². The summed E-state index contributed by atoms with van der Waals surface area (Å²) in [6.07, 6.45) is 11.3. The van der Waals surface area contributed by atoms with Crippen LogP contribution in [-0.2, 0) is 11.3 Å². The lowest BCUT2D eigenvalue weighted by molar-refractivity contribution is -0.256. The van der Waals surface area contributed by atoms with E-state index in [4.69, 9.17) is 4.74 Å². The first kappa shape index (κ1) is 22.5. The van der Waals surface area contributed by atoms with E-state index < -0.39 is 6.11 Å². The van der Waals surface area contributed by atoms with Crippen LogP contribution in [0, 0.1) is 17.8 Å². The van der Waals surface area contributed by atoms with E-state index in [2.05, 4.69) is 31.2 Å². The van der Waals surface area contributed by atoms with E-state index in [1.165, 1.54) is 37.7 Å². The number of alkyl halides is 2. The maximum absolute atomic E-state index is 14.3. The number of hydrogen-bond acceptors (Lipinski definition) is 1. The second-order valence-electron chi connectivity index (χ2n) is 9.30. The van der Waals surface area contributed by atoms with Crippen molar-refractivity contribution in [3.05, 3.63) is 47.5 Å². The molecular formula is C26H38F2O. The summed E-state index contributed by atoms with van der Waals surface area (Å²) in [4.78, 5) is 0. The zero-order valence-electron chi connectivity index (χ0n) is 18.2. The predicted molar refractivity (Wildman–Crippen MR) is 116 cm³/mol. The zero-order chi connectivity index (χ0) is 20.7. The molecule has 0 N–H and O–H groups in total. The summed E-state index contributed by atoms with van der Waals surface area (Å²) < 4.78 is 33.7. The lowest BCUT2D eigenvalue weighted by Gasteiger charge is -2.29. The van der Waals surface area contributed by atoms with Crippen molar-refractivity contribution < 1.29 is 13.5 Å². The molecule has 2 aliphatic carbocycles. The van der Waals surface area contributed by atoms with Crippen LogP contribution in [0.3, 0.4) is 0 Å². The maximum atomic E-state index is 14.3. The molecule has 0 aliphatic heterocycles. The van der Waals surface area contributed by atoms with E-state index in [1.807, 2.05) is 19.1 Å². The molecule has 3 rings (SSSR count). The largest absolute Gasteiger partial charge is 0.356 e. The fourth-order valence-electron chi connectivity index (χ4n) is 5.23. The van der Waals surface area contributed by atoms with Gasteiger partial charge in [0, 0.05) is 6.42 Å². The van der Waals surface area contributed by atoms with Crippen molar-refractivity contribution in [2.75, 3.05) is 0 Å². The quantitative estimate of drug-likeness (QED) is 0.396. The molecular weight excluding hydrogens is 366 g/mol. The molecule has 2 fully saturated rings. The highest BCUT2D eigenvalue weighted by Crippen LogP contribution is 2.38. The monoisotopic (exact) mass is 404 g/mol. The molecule has 29 heavy (non-hydrogen) atoms. The molecule has 3 heteroatoms. The molecule has 162 valence electrons. The maximum Gasteiger partial charge on any atom is 0.356 e. The van der Waals surface area contributed by atoms with Crippen molar-refractivity contribution in [1.82, 2.24) is 0 Å². The Kier molecular flexibility index (Phi) is 8.29. The number of benzene rings is 1. The summed E-state index contributed by atoms with van der Waals surface area (Å²) in [5, 5.41) is 0. The Morgan fingerprint density at radius 2 is 1.55 bits per heavy atom. The average Bonchev–Trinajstić information content (AvgIpc) is 2.74. The minimum Gasteiger partial charge on any atom is -0.316 e. The van der Waals surface area contributed by atoms with Crippen molar-refractivity contribution in [2.24, 2.45) is 17.8 Å². The van der Waals surface area contributed by atoms with Gasteiger partial charge in [-0.2, -0.15) is 8.78 Å². The third-order valence-electron chi connectivity index (χ3n) is 7.21. The number of ether oxygens (including phenoxy) is 1. The Morgan fingerprint density at radius 1 is 0.931 bits per heavy atom. The fourth-order valence-corrected chi connectivity index (χ4v) is 5.23. The molecule has 0 unspecified atom stereocenters. The molecule has 2 saturated carbocycles. The Morgan fingerprint density at radius 3 is 2.14 bits per heavy atom. The molecule has 0 radical (unpaired) electrons. The van der Waals surface area contributed by atoms with E-state index in [-0.39, 0.29) is 18.9 Å². The van der Waals surface area contributed by atoms with Gasteiger partial charge in [-0.25, -0.2) is 0 Å². The normalized spacial score (nSPS) is 28.7. The predicted octanol–water partition coefficient (Wildman–Crippen LogP) is 8.25. The van der Waals surface area contributed by atoms with Crippen LogP contribution >= 0.6 is 0 Å². The van der Waals surface area contributed by atoms with Crippen LogP contribution in [0.4, 0.5) is 8.78 Å². The second kappa shape index (κ2) is 10.7. The van der Waals surface area contributed by atoms with Gasteiger partial charge < -0.3 is 4.74 Å². The van der Waals surface area contributed by atoms with E-state index >= 15 is 0 Å². The minimum absolute atomic E-state index is 0.0101. The van der Waals surface area contributed by atoms with Gasteiger partial charge in [0.1, 0.15) is 0 Å². The molecule has 1 nitrogen and oxygen atoms in total. The summed E-state index contributed by atoms with van der Waals surface area (Å²) in [5.74, 6) is 2.17. The lowest BCUT2D eigenvalue weighted by atomic mass is 9.78. The van der Waals surface area contributed by atoms with E-state index in [0.717, 1.165) is 37.2 Å². The number of rotatable bonds is 8. The van der Waals surface area contributed by atoms with E-state index in [0.29, 0.717) is 11.8 Å². The first-order valence-corrected chi connectivity index (χ1v) is 11.7. The average molecular weight is 405 g/mol. The van der Waals surface area contributed by atoms with Gasteiger partial charge in [0.15, 0.2) is 0 Å². The summed E-state index contributed by atoms with van der Waals surface area (Å²) >= 11 is 0. The Balaban J connectivity index is 1.43. The van der Waals surface area contributed by atoms with Crippen LogP contribution in [0.1, 0.15) is 95.1 Å². The van der Waals surface area contributed by atoms with Gasteiger partial charge in [0.05, 0.1) is 6.61 Å². The van der Waals surface area contributed by atoms with Gasteiger partial charge in [0.2, 0.25) is 0 Å². The highest BCUT2D eigenvalue weighted by molar-refractivity contribution is 5.25. The molecule has 2 aliphatic rings. The third kappa shape index (κ3) is 6.91. The van der Waals surface area contributed by atoms with Crippen LogP contribution in [0.5, 0.6) is 0 Å². The Bertz CT molecular complexity index is 621. The molecule has 0 atom stereocenters. The highest BCUT2D eigenvalue weighted by atomic mass is 19.3. The lowest BCUT2D eigenvalue weighted by Crippen LogP contribution is -2.26. The summed E-state index contributed by atoms with van der Waals surface area (Å²) in [6.45, 7) is 4.30. The molecule has 0 spiro atoms. The third-order valence-corrected chi connectivity index (χ3v) is 7.21. The van der Waals surface area contributed by atoms with Crippen molar-refractivity contribution in [2.45, 2.75) is 96.7 Å². The first-order valence-electron chi connectivity index (χ1n) is 11.7. The number of hydrogen-bond donors (Lipinski definition) is 0. The van der Waals surface area contributed by atoms with Crippen LogP contribution in [0.25, 0.3) is 0 Å². The van der Waals surface area contributed by atoms with Crippen LogP contribution in [0.15, 0.2) is 36.4 Å². The molecule has 0 aromatic heterocycles. The molecule has 1 aromatic rings. The fraction of sp³-hybridized carbons (Fsp3) is 0.692. The zero-order valence-corrected chi connectivity index (χ0v) is 18.2. The van der Waals surface area contributed by atoms with Crippen molar-refractivity contribution in [3.8, 4) is 0 Å². The minimum atomic E-state index is -3.03. The molecule has 0 amide bonds. The molecule has 0 heterocycles. The smallest absolute Gasteiger partial charge is 0.316 e. The molecule has 0 saturated heterocycles. The van der Waals surface area contributed by atoms with Gasteiger partial charge in [-0.3, -0.25) is 0 Å². The van der Waals surface area contributed by atoms with Gasteiger partial charge in [0.25, 0.3) is 0 Å². The molecule has 1 aromatic carbocycles. The van der Waals surface area contributed by atoms with Gasteiger partial charge in [-0.15, -0.1) is 0 Å². The first-order chi connectivity index (χ1) is 14.0. The van der Waals surface area contributed by atoms with Crippen molar-refractivity contribution in [1.29, 1.82) is 0 Å². The highest BCUT2D eigenvalue weighted by Gasteiger charge is 2.35. The van der Waals surface area contributed by atoms with Crippen LogP contribution in [-0.4, -0.2) is 6.11 Å². The van der Waals surface area contributed by atoms with Crippen molar-refractivity contribution >= 4 is 0 Å². The van der Waals surface area contributed by atoms with Gasteiger partial charge >= 0.3 is 6.11 Å². The Hall–Kier alpha value is -1.22.